The van der Waals surface area contributed by atoms with E-state index >= 15 is 0 Å². The van der Waals surface area contributed by atoms with Gasteiger partial charge in [-0.05, 0) is 54.2 Å². The van der Waals surface area contributed by atoms with Crippen LogP contribution in [0.4, 0.5) is 13.2 Å². The summed E-state index contributed by atoms with van der Waals surface area (Å²) in [7, 11) is 0. The maximum absolute atomic E-state index is 12.7. The van der Waals surface area contributed by atoms with E-state index in [-0.39, 0.29) is 12.5 Å². The summed E-state index contributed by atoms with van der Waals surface area (Å²) in [6.07, 6.45) is -2.13. The van der Waals surface area contributed by atoms with Crippen molar-refractivity contribution in [1.29, 1.82) is 0 Å². The first kappa shape index (κ1) is 18.9. The number of amides is 2. The van der Waals surface area contributed by atoms with Crippen LogP contribution in [0.5, 0.6) is 0 Å². The van der Waals surface area contributed by atoms with Gasteiger partial charge >= 0.3 is 6.18 Å². The summed E-state index contributed by atoms with van der Waals surface area (Å²) >= 11 is 0. The Hall–Kier alpha value is -2.83. The fraction of sp³-hybridized carbons (Fsp3) is 0.300. The fourth-order valence-corrected chi connectivity index (χ4v) is 2.60. The second kappa shape index (κ2) is 7.82. The van der Waals surface area contributed by atoms with Crippen LogP contribution < -0.4 is 10.6 Å². The van der Waals surface area contributed by atoms with Gasteiger partial charge in [0.1, 0.15) is 0 Å². The van der Waals surface area contributed by atoms with Crippen LogP contribution in [0.1, 0.15) is 28.8 Å². The molecule has 0 unspecified atom stereocenters. The lowest BCUT2D eigenvalue weighted by atomic mass is 10.0. The predicted octanol–water partition coefficient (Wildman–Crippen LogP) is 3.63. The number of carbonyl (C=O) groups excluding carboxylic acids is 2. The molecule has 0 aromatic heterocycles. The molecule has 0 aliphatic heterocycles. The minimum atomic E-state index is -4.39. The lowest BCUT2D eigenvalue weighted by Gasteiger charge is -2.09. The molecule has 2 amide bonds. The fourth-order valence-electron chi connectivity index (χ4n) is 2.60. The third kappa shape index (κ3) is 5.32. The molecule has 27 heavy (non-hydrogen) atoms. The Morgan fingerprint density at radius 2 is 1.67 bits per heavy atom. The Labute approximate surface area is 154 Å². The van der Waals surface area contributed by atoms with E-state index in [1.165, 1.54) is 12.1 Å². The standard InChI is InChI=1S/C20H19F3N2O2/c21-20(22,23)17-8-6-14(7-9-17)15-2-1-3-16(10-15)19(27)25-12-18(26)24-11-13-4-5-13/h1-3,6-10,13H,4-5,11-12H2,(H,24,26)(H,25,27). The van der Waals surface area contributed by atoms with E-state index < -0.39 is 17.6 Å². The second-order valence-electron chi connectivity index (χ2n) is 6.59. The van der Waals surface area contributed by atoms with Crippen molar-refractivity contribution in [2.75, 3.05) is 13.1 Å². The molecular weight excluding hydrogens is 357 g/mol. The first-order valence-electron chi connectivity index (χ1n) is 8.65. The van der Waals surface area contributed by atoms with Crippen LogP contribution >= 0.6 is 0 Å². The zero-order valence-electron chi connectivity index (χ0n) is 14.5. The lowest BCUT2D eigenvalue weighted by Crippen LogP contribution is -2.37. The first-order chi connectivity index (χ1) is 12.8. The number of hydrogen-bond donors (Lipinski definition) is 2. The molecule has 7 heteroatoms. The van der Waals surface area contributed by atoms with Crippen molar-refractivity contribution in [3.05, 3.63) is 59.7 Å². The highest BCUT2D eigenvalue weighted by Gasteiger charge is 2.30. The number of benzene rings is 2. The third-order valence-electron chi connectivity index (χ3n) is 4.36. The van der Waals surface area contributed by atoms with Crippen LogP contribution in [0, 0.1) is 5.92 Å². The van der Waals surface area contributed by atoms with Crippen molar-refractivity contribution in [3.63, 3.8) is 0 Å². The highest BCUT2D eigenvalue weighted by Crippen LogP contribution is 2.31. The molecule has 0 heterocycles. The van der Waals surface area contributed by atoms with E-state index in [0.717, 1.165) is 25.0 Å². The summed E-state index contributed by atoms with van der Waals surface area (Å²) in [5, 5.41) is 5.31. The Morgan fingerprint density at radius 3 is 2.30 bits per heavy atom. The van der Waals surface area contributed by atoms with E-state index in [1.54, 1.807) is 24.3 Å². The maximum atomic E-state index is 12.7. The van der Waals surface area contributed by atoms with Crippen LogP contribution in [0.2, 0.25) is 0 Å². The molecule has 4 nitrogen and oxygen atoms in total. The van der Waals surface area contributed by atoms with Gasteiger partial charge in [-0.2, -0.15) is 13.2 Å². The molecule has 2 aromatic rings. The van der Waals surface area contributed by atoms with Crippen LogP contribution in [0.3, 0.4) is 0 Å². The molecule has 1 saturated carbocycles. The van der Waals surface area contributed by atoms with Gasteiger partial charge in [0, 0.05) is 12.1 Å². The van der Waals surface area contributed by atoms with Crippen LogP contribution in [0.25, 0.3) is 11.1 Å². The lowest BCUT2D eigenvalue weighted by molar-refractivity contribution is -0.137. The molecule has 1 aliphatic rings. The maximum Gasteiger partial charge on any atom is 0.416 e. The van der Waals surface area contributed by atoms with Crippen LogP contribution in [-0.4, -0.2) is 24.9 Å². The number of alkyl halides is 3. The largest absolute Gasteiger partial charge is 0.416 e. The van der Waals surface area contributed by atoms with E-state index in [9.17, 15) is 22.8 Å². The summed E-state index contributed by atoms with van der Waals surface area (Å²) in [6, 6.07) is 11.3. The van der Waals surface area contributed by atoms with Crippen molar-refractivity contribution in [3.8, 4) is 11.1 Å². The smallest absolute Gasteiger partial charge is 0.354 e. The minimum absolute atomic E-state index is 0.115. The quantitative estimate of drug-likeness (QED) is 0.809. The summed E-state index contributed by atoms with van der Waals surface area (Å²) in [4.78, 5) is 23.9. The van der Waals surface area contributed by atoms with Crippen molar-refractivity contribution >= 4 is 11.8 Å². The number of halogens is 3. The van der Waals surface area contributed by atoms with Gasteiger partial charge in [0.05, 0.1) is 12.1 Å². The molecule has 1 aliphatic carbocycles. The third-order valence-corrected chi connectivity index (χ3v) is 4.36. The average molecular weight is 376 g/mol. The Kier molecular flexibility index (Phi) is 5.48. The van der Waals surface area contributed by atoms with Gasteiger partial charge in [0.25, 0.3) is 5.91 Å². The number of rotatable bonds is 6. The number of hydrogen-bond acceptors (Lipinski definition) is 2. The van der Waals surface area contributed by atoms with Gasteiger partial charge in [-0.3, -0.25) is 9.59 Å². The Morgan fingerprint density at radius 1 is 0.963 bits per heavy atom. The van der Waals surface area contributed by atoms with Gasteiger partial charge in [-0.1, -0.05) is 24.3 Å². The first-order valence-corrected chi connectivity index (χ1v) is 8.65. The van der Waals surface area contributed by atoms with Gasteiger partial charge in [-0.25, -0.2) is 0 Å². The van der Waals surface area contributed by atoms with E-state index in [1.807, 2.05) is 0 Å². The summed E-state index contributed by atoms with van der Waals surface area (Å²) in [5.74, 6) is -0.0930. The van der Waals surface area contributed by atoms with Gasteiger partial charge in [-0.15, -0.1) is 0 Å². The van der Waals surface area contributed by atoms with E-state index in [4.69, 9.17) is 0 Å². The second-order valence-corrected chi connectivity index (χ2v) is 6.59. The average Bonchev–Trinajstić information content (AvgIpc) is 3.48. The predicted molar refractivity (Wildman–Crippen MR) is 94.9 cm³/mol. The Bertz CT molecular complexity index is 828. The molecule has 2 N–H and O–H groups in total. The molecule has 0 atom stereocenters. The molecule has 3 rings (SSSR count). The minimum Gasteiger partial charge on any atom is -0.354 e. The molecule has 0 saturated heterocycles. The van der Waals surface area contributed by atoms with Crippen LogP contribution in [-0.2, 0) is 11.0 Å². The SMILES string of the molecule is O=C(CNC(=O)c1cccc(-c2ccc(C(F)(F)F)cc2)c1)NCC1CC1. The number of nitrogens with one attached hydrogen (secondary N) is 2. The monoisotopic (exact) mass is 376 g/mol. The zero-order valence-corrected chi connectivity index (χ0v) is 14.5. The van der Waals surface area contributed by atoms with Crippen molar-refractivity contribution in [2.45, 2.75) is 19.0 Å². The normalized spacial score (nSPS) is 13.9. The van der Waals surface area contributed by atoms with Crippen molar-refractivity contribution < 1.29 is 22.8 Å². The molecule has 0 bridgehead atoms. The molecule has 0 spiro atoms. The van der Waals surface area contributed by atoms with E-state index in [2.05, 4.69) is 10.6 Å². The van der Waals surface area contributed by atoms with Gasteiger partial charge in [0.15, 0.2) is 0 Å². The molecule has 142 valence electrons. The summed E-state index contributed by atoms with van der Waals surface area (Å²) < 4.78 is 38.0. The summed E-state index contributed by atoms with van der Waals surface area (Å²) in [6.45, 7) is 0.522. The highest BCUT2D eigenvalue weighted by molar-refractivity contribution is 5.97. The Balaban J connectivity index is 1.62. The van der Waals surface area contributed by atoms with Gasteiger partial charge in [0.2, 0.25) is 5.91 Å². The van der Waals surface area contributed by atoms with Crippen LogP contribution in [0.15, 0.2) is 48.5 Å². The number of carbonyl (C=O) groups is 2. The molecule has 0 radical (unpaired) electrons. The van der Waals surface area contributed by atoms with Gasteiger partial charge < -0.3 is 10.6 Å². The van der Waals surface area contributed by atoms with Crippen molar-refractivity contribution in [1.82, 2.24) is 10.6 Å². The molecule has 1 fully saturated rings. The van der Waals surface area contributed by atoms with E-state index in [0.29, 0.717) is 29.2 Å². The zero-order chi connectivity index (χ0) is 19.4. The van der Waals surface area contributed by atoms with Crippen molar-refractivity contribution in [2.24, 2.45) is 5.92 Å². The molecule has 2 aromatic carbocycles. The highest BCUT2D eigenvalue weighted by atomic mass is 19.4. The topological polar surface area (TPSA) is 58.2 Å². The molecular formula is C20H19F3N2O2. The summed E-state index contributed by atoms with van der Waals surface area (Å²) in [5.41, 5.74) is 0.800.